The lowest BCUT2D eigenvalue weighted by Gasteiger charge is -2.52. The third kappa shape index (κ3) is 5.88. The number of carbonyl (C=O) groups excluding carboxylic acids is 2. The molecule has 2 aliphatic carbocycles. The first kappa shape index (κ1) is 28.0. The molecule has 5 N–H and O–H groups in total. The second-order valence-electron chi connectivity index (χ2n) is 10.1. The predicted octanol–water partition coefficient (Wildman–Crippen LogP) is 3.38. The maximum Gasteiger partial charge on any atom is 0.345 e. The minimum atomic E-state index is -1.33. The zero-order valence-corrected chi connectivity index (χ0v) is 21.0. The van der Waals surface area contributed by atoms with Gasteiger partial charge in [0.15, 0.2) is 5.78 Å². The second-order valence-corrected chi connectivity index (χ2v) is 10.1. The van der Waals surface area contributed by atoms with E-state index in [1.54, 1.807) is 6.92 Å². The average molecular weight is 476 g/mol. The van der Waals surface area contributed by atoms with Gasteiger partial charge in [0.05, 0.1) is 25.9 Å². The highest BCUT2D eigenvalue weighted by atomic mass is 16.5. The average Bonchev–Trinajstić information content (AvgIpc) is 2.79. The van der Waals surface area contributed by atoms with Gasteiger partial charge in [-0.15, -0.1) is 0 Å². The number of ketones is 1. The fraction of sp³-hybridized carbons (Fsp3) is 0.630. The van der Waals surface area contributed by atoms with Gasteiger partial charge >= 0.3 is 5.97 Å². The molecule has 0 radical (unpaired) electrons. The van der Waals surface area contributed by atoms with Gasteiger partial charge in [-0.3, -0.25) is 4.79 Å². The normalized spacial score (nSPS) is 32.1. The summed E-state index contributed by atoms with van der Waals surface area (Å²) in [5.41, 5.74) is 5.38. The van der Waals surface area contributed by atoms with E-state index in [0.717, 1.165) is 31.9 Å². The third-order valence-corrected chi connectivity index (χ3v) is 7.49. The van der Waals surface area contributed by atoms with E-state index in [1.165, 1.54) is 0 Å². The monoisotopic (exact) mass is 475 g/mol. The van der Waals surface area contributed by atoms with Crippen LogP contribution in [0, 0.1) is 29.1 Å². The number of hydrogen-bond acceptors (Lipinski definition) is 7. The standard InChI is InChI=1S/C27H41NO6/c1-16-11-12-21-19(13-16)14-17(2)20(10-8-6-7-9-18(3)30)27(21,4)25(32)23(26(33)34-5)24(31)22(28)15-29/h6-8,10,14,16,18-22,29-30,32H,9,11-13,15,28H2,1-5H3/b7-6+,10-8+,25-23+/t16-,18+,19+,20-,21+,22-,27-/m1/s1. The molecule has 2 rings (SSSR count). The Kier molecular flexibility index (Phi) is 9.85. The molecule has 0 heterocycles. The molecule has 0 unspecified atom stereocenters. The Morgan fingerprint density at radius 1 is 1.32 bits per heavy atom. The van der Waals surface area contributed by atoms with Crippen molar-refractivity contribution in [3.63, 3.8) is 0 Å². The minimum absolute atomic E-state index is 0.00120. The van der Waals surface area contributed by atoms with E-state index in [-0.39, 0.29) is 23.5 Å². The maximum atomic E-state index is 13.0. The van der Waals surface area contributed by atoms with Crippen LogP contribution in [0.25, 0.3) is 0 Å². The molecular formula is C27H41NO6. The number of ether oxygens (including phenoxy) is 1. The topological polar surface area (TPSA) is 130 Å². The number of carbonyl (C=O) groups is 2. The van der Waals surface area contributed by atoms with Crippen molar-refractivity contribution in [1.29, 1.82) is 0 Å². The molecule has 190 valence electrons. The SMILES string of the molecule is COC(=O)/C(C(=O)[C@H](N)CO)=C(/O)[C@]1(C)[C@H](/C=C/C=C/C[C@H](C)O)C(C)=C[C@@H]2C[C@H](C)CC[C@@H]21. The zero-order valence-electron chi connectivity index (χ0n) is 21.0. The van der Waals surface area contributed by atoms with Crippen LogP contribution in [0.1, 0.15) is 53.4 Å². The molecule has 2 aliphatic rings. The van der Waals surface area contributed by atoms with Crippen LogP contribution < -0.4 is 5.73 Å². The molecule has 7 nitrogen and oxygen atoms in total. The number of allylic oxidation sites excluding steroid dienone is 6. The largest absolute Gasteiger partial charge is 0.511 e. The summed E-state index contributed by atoms with van der Waals surface area (Å²) in [6.07, 6.45) is 12.7. The van der Waals surface area contributed by atoms with Gasteiger partial charge in [0, 0.05) is 11.3 Å². The molecule has 7 atom stereocenters. The molecule has 0 aliphatic heterocycles. The van der Waals surface area contributed by atoms with Gasteiger partial charge in [-0.2, -0.15) is 0 Å². The maximum absolute atomic E-state index is 13.0. The summed E-state index contributed by atoms with van der Waals surface area (Å²) < 4.78 is 4.85. The minimum Gasteiger partial charge on any atom is -0.511 e. The van der Waals surface area contributed by atoms with E-state index < -0.39 is 41.5 Å². The van der Waals surface area contributed by atoms with E-state index in [1.807, 2.05) is 38.2 Å². The number of nitrogens with two attached hydrogens (primary N) is 1. The fourth-order valence-corrected chi connectivity index (χ4v) is 5.66. The van der Waals surface area contributed by atoms with Gasteiger partial charge in [-0.25, -0.2) is 4.79 Å². The van der Waals surface area contributed by atoms with Gasteiger partial charge in [-0.05, 0) is 50.9 Å². The summed E-state index contributed by atoms with van der Waals surface area (Å²) in [4.78, 5) is 25.7. The molecule has 0 bridgehead atoms. The summed E-state index contributed by atoms with van der Waals surface area (Å²) in [6, 6.07) is -1.33. The molecule has 34 heavy (non-hydrogen) atoms. The highest BCUT2D eigenvalue weighted by Crippen LogP contribution is 2.57. The van der Waals surface area contributed by atoms with Crippen LogP contribution in [0.5, 0.6) is 0 Å². The van der Waals surface area contributed by atoms with Crippen molar-refractivity contribution in [3.8, 4) is 0 Å². The Morgan fingerprint density at radius 3 is 2.59 bits per heavy atom. The number of hydrogen-bond donors (Lipinski definition) is 4. The molecule has 0 aromatic carbocycles. The van der Waals surface area contributed by atoms with Gasteiger partial charge in [0.2, 0.25) is 0 Å². The Morgan fingerprint density at radius 2 is 2.00 bits per heavy atom. The Bertz CT molecular complexity index is 870. The van der Waals surface area contributed by atoms with Crippen molar-refractivity contribution in [2.45, 2.75) is 65.5 Å². The lowest BCUT2D eigenvalue weighted by Crippen LogP contribution is -2.48. The smallest absolute Gasteiger partial charge is 0.345 e. The van der Waals surface area contributed by atoms with Crippen LogP contribution in [0.15, 0.2) is 47.3 Å². The first-order valence-corrected chi connectivity index (χ1v) is 12.1. The first-order chi connectivity index (χ1) is 16.0. The van der Waals surface area contributed by atoms with Crippen LogP contribution in [0.3, 0.4) is 0 Å². The third-order valence-electron chi connectivity index (χ3n) is 7.49. The molecule has 1 fully saturated rings. The van der Waals surface area contributed by atoms with Gasteiger partial charge < -0.3 is 25.8 Å². The van der Waals surface area contributed by atoms with E-state index in [2.05, 4.69) is 13.0 Å². The molecule has 7 heteroatoms. The van der Waals surface area contributed by atoms with Gasteiger partial charge in [0.25, 0.3) is 0 Å². The number of Topliss-reactive ketones (excluding diaryl/α,β-unsaturated/α-hetero) is 1. The molecule has 0 saturated heterocycles. The zero-order chi connectivity index (χ0) is 25.6. The van der Waals surface area contributed by atoms with Crippen molar-refractivity contribution in [3.05, 3.63) is 47.3 Å². The highest BCUT2D eigenvalue weighted by Gasteiger charge is 2.53. The van der Waals surface area contributed by atoms with Crippen molar-refractivity contribution in [2.75, 3.05) is 13.7 Å². The van der Waals surface area contributed by atoms with Crippen molar-refractivity contribution >= 4 is 11.8 Å². The number of fused-ring (bicyclic) bond motifs is 1. The van der Waals surface area contributed by atoms with Gasteiger partial charge in [-0.1, -0.05) is 56.2 Å². The summed E-state index contributed by atoms with van der Waals surface area (Å²) in [5, 5.41) is 30.6. The number of aliphatic hydroxyl groups excluding tert-OH is 3. The van der Waals surface area contributed by atoms with Crippen molar-refractivity contribution in [1.82, 2.24) is 0 Å². The number of rotatable bonds is 9. The van der Waals surface area contributed by atoms with E-state index in [9.17, 15) is 24.9 Å². The van der Waals surface area contributed by atoms with Crippen molar-refractivity contribution < 1.29 is 29.6 Å². The lowest BCUT2D eigenvalue weighted by molar-refractivity contribution is -0.138. The highest BCUT2D eigenvalue weighted by molar-refractivity contribution is 6.19. The Labute approximate surface area is 203 Å². The first-order valence-electron chi connectivity index (χ1n) is 12.1. The number of aliphatic hydroxyl groups is 3. The molecule has 1 saturated carbocycles. The van der Waals surface area contributed by atoms with Crippen molar-refractivity contribution in [2.24, 2.45) is 34.8 Å². The van der Waals surface area contributed by atoms with E-state index in [0.29, 0.717) is 12.3 Å². The Balaban J connectivity index is 2.68. The van der Waals surface area contributed by atoms with Crippen LogP contribution in [0.4, 0.5) is 0 Å². The summed E-state index contributed by atoms with van der Waals surface area (Å²) in [6.45, 7) is 7.20. The van der Waals surface area contributed by atoms with Crippen LogP contribution in [-0.4, -0.2) is 52.9 Å². The molecule has 0 spiro atoms. The second kappa shape index (κ2) is 12.0. The van der Waals surface area contributed by atoms with E-state index >= 15 is 0 Å². The van der Waals surface area contributed by atoms with Crippen LogP contribution in [-0.2, 0) is 14.3 Å². The van der Waals surface area contributed by atoms with E-state index in [4.69, 9.17) is 10.5 Å². The molecule has 0 aromatic rings. The predicted molar refractivity (Wildman–Crippen MR) is 132 cm³/mol. The molecular weight excluding hydrogens is 434 g/mol. The van der Waals surface area contributed by atoms with Gasteiger partial charge in [0.1, 0.15) is 11.3 Å². The summed E-state index contributed by atoms with van der Waals surface area (Å²) in [5.74, 6) is -1.65. The van der Waals surface area contributed by atoms with Crippen LogP contribution >= 0.6 is 0 Å². The quantitative estimate of drug-likeness (QED) is 0.0765. The number of methoxy groups -OCH3 is 1. The van der Waals surface area contributed by atoms with Crippen LogP contribution in [0.2, 0.25) is 0 Å². The summed E-state index contributed by atoms with van der Waals surface area (Å²) >= 11 is 0. The lowest BCUT2D eigenvalue weighted by atomic mass is 9.52. The Hall–Kier alpha value is -2.22. The molecule has 0 amide bonds. The number of esters is 1. The molecule has 0 aromatic heterocycles. The fourth-order valence-electron chi connectivity index (χ4n) is 5.66. The summed E-state index contributed by atoms with van der Waals surface area (Å²) in [7, 11) is 1.15.